The minimum Gasteiger partial charge on any atom is -0.363 e. The number of nitrogens with one attached hydrogen (secondary N) is 1. The van der Waals surface area contributed by atoms with Gasteiger partial charge in [-0.2, -0.15) is 0 Å². The molecule has 0 saturated heterocycles. The summed E-state index contributed by atoms with van der Waals surface area (Å²) >= 11 is 0. The fourth-order valence-corrected chi connectivity index (χ4v) is 1.25. The van der Waals surface area contributed by atoms with Crippen LogP contribution in [0, 0.1) is 0 Å². The smallest absolute Gasteiger partial charge is 0.245 e. The number of hydrogen-bond acceptors (Lipinski definition) is 4. The molecule has 0 aliphatic heterocycles. The third-order valence-electron chi connectivity index (χ3n) is 1.98. The third-order valence-corrected chi connectivity index (χ3v) is 1.98. The van der Waals surface area contributed by atoms with Gasteiger partial charge >= 0.3 is 0 Å². The predicted molar refractivity (Wildman–Crippen MR) is 57.7 cm³/mol. The van der Waals surface area contributed by atoms with Crippen molar-refractivity contribution in [2.45, 2.75) is 20.3 Å². The Labute approximate surface area is 93.6 Å². The zero-order valence-corrected chi connectivity index (χ0v) is 9.40. The lowest BCUT2D eigenvalue weighted by atomic mass is 10.4. The predicted octanol–water partition coefficient (Wildman–Crippen LogP) is 0.872. The van der Waals surface area contributed by atoms with Gasteiger partial charge in [-0.25, -0.2) is 0 Å². The molecule has 88 valence electrons. The molecule has 0 bridgehead atoms. The van der Waals surface area contributed by atoms with Crippen LogP contribution in [0.3, 0.4) is 0 Å². The standard InChI is InChI=1S/C10H15N3O3/c1-3-5-13(8(2)14)7-10(15)11-9-4-6-16-12-9/h4,6H,3,5,7H2,1-2H3,(H,11,12,15). The number of nitrogens with zero attached hydrogens (tertiary/aromatic N) is 2. The van der Waals surface area contributed by atoms with Crippen LogP contribution < -0.4 is 5.32 Å². The maximum Gasteiger partial charge on any atom is 0.245 e. The number of carbonyl (C=O) groups excluding carboxylic acids is 2. The molecule has 1 N–H and O–H groups in total. The Morgan fingerprint density at radius 3 is 2.81 bits per heavy atom. The number of rotatable bonds is 5. The summed E-state index contributed by atoms with van der Waals surface area (Å²) in [6.45, 7) is 4.00. The summed E-state index contributed by atoms with van der Waals surface area (Å²) in [5, 5.41) is 6.07. The molecule has 0 atom stereocenters. The summed E-state index contributed by atoms with van der Waals surface area (Å²) in [5.74, 6) is -0.0419. The van der Waals surface area contributed by atoms with Crippen molar-refractivity contribution in [3.63, 3.8) is 0 Å². The maximum absolute atomic E-state index is 11.5. The topological polar surface area (TPSA) is 75.4 Å². The largest absolute Gasteiger partial charge is 0.363 e. The lowest BCUT2D eigenvalue weighted by Gasteiger charge is -2.18. The number of aromatic nitrogens is 1. The van der Waals surface area contributed by atoms with Crippen LogP contribution in [0.2, 0.25) is 0 Å². The van der Waals surface area contributed by atoms with Gasteiger partial charge in [-0.1, -0.05) is 12.1 Å². The second-order valence-corrected chi connectivity index (χ2v) is 3.37. The van der Waals surface area contributed by atoms with E-state index in [-0.39, 0.29) is 18.4 Å². The average molecular weight is 225 g/mol. The fourth-order valence-electron chi connectivity index (χ4n) is 1.25. The molecule has 0 unspecified atom stereocenters. The summed E-state index contributed by atoms with van der Waals surface area (Å²) in [6, 6.07) is 1.54. The van der Waals surface area contributed by atoms with E-state index in [0.29, 0.717) is 12.4 Å². The Morgan fingerprint density at radius 2 is 2.31 bits per heavy atom. The Balaban J connectivity index is 2.45. The van der Waals surface area contributed by atoms with Gasteiger partial charge in [-0.05, 0) is 6.42 Å². The molecule has 0 aliphatic rings. The van der Waals surface area contributed by atoms with Crippen molar-refractivity contribution in [2.24, 2.45) is 0 Å². The van der Waals surface area contributed by atoms with E-state index in [0.717, 1.165) is 6.42 Å². The lowest BCUT2D eigenvalue weighted by Crippen LogP contribution is -2.37. The Hall–Kier alpha value is -1.85. The van der Waals surface area contributed by atoms with E-state index in [1.165, 1.54) is 24.2 Å². The van der Waals surface area contributed by atoms with Crippen LogP contribution in [0.1, 0.15) is 20.3 Å². The van der Waals surface area contributed by atoms with Crippen LogP contribution in [0.25, 0.3) is 0 Å². The second kappa shape index (κ2) is 5.89. The minimum atomic E-state index is -0.280. The van der Waals surface area contributed by atoms with Gasteiger partial charge in [0.2, 0.25) is 11.8 Å². The zero-order chi connectivity index (χ0) is 12.0. The molecule has 1 heterocycles. The highest BCUT2D eigenvalue weighted by Crippen LogP contribution is 2.01. The Bertz CT molecular complexity index is 348. The average Bonchev–Trinajstić information content (AvgIpc) is 2.69. The van der Waals surface area contributed by atoms with Crippen molar-refractivity contribution in [1.29, 1.82) is 0 Å². The monoisotopic (exact) mass is 225 g/mol. The van der Waals surface area contributed by atoms with Crippen LogP contribution in [0.5, 0.6) is 0 Å². The van der Waals surface area contributed by atoms with Gasteiger partial charge in [0, 0.05) is 19.5 Å². The van der Waals surface area contributed by atoms with Crippen molar-refractivity contribution in [3.05, 3.63) is 12.3 Å². The molecule has 0 saturated carbocycles. The van der Waals surface area contributed by atoms with E-state index in [2.05, 4.69) is 15.0 Å². The molecule has 16 heavy (non-hydrogen) atoms. The van der Waals surface area contributed by atoms with Gasteiger partial charge in [0.15, 0.2) is 5.82 Å². The first-order chi connectivity index (χ1) is 7.63. The van der Waals surface area contributed by atoms with Gasteiger partial charge < -0.3 is 14.7 Å². The van der Waals surface area contributed by atoms with E-state index in [4.69, 9.17) is 0 Å². The highest BCUT2D eigenvalue weighted by Gasteiger charge is 2.13. The molecule has 1 aromatic rings. The SMILES string of the molecule is CCCN(CC(=O)Nc1ccon1)C(C)=O. The number of carbonyl (C=O) groups is 2. The zero-order valence-electron chi connectivity index (χ0n) is 9.40. The lowest BCUT2D eigenvalue weighted by molar-refractivity contribution is -0.132. The van der Waals surface area contributed by atoms with Gasteiger partial charge in [-0.3, -0.25) is 9.59 Å². The first kappa shape index (κ1) is 12.2. The second-order valence-electron chi connectivity index (χ2n) is 3.37. The summed E-state index contributed by atoms with van der Waals surface area (Å²) in [7, 11) is 0. The molecule has 1 rings (SSSR count). The van der Waals surface area contributed by atoms with Crippen molar-refractivity contribution in [3.8, 4) is 0 Å². The number of anilines is 1. The van der Waals surface area contributed by atoms with Crippen molar-refractivity contribution >= 4 is 17.6 Å². The normalized spacial score (nSPS) is 9.88. The number of hydrogen-bond donors (Lipinski definition) is 1. The highest BCUT2D eigenvalue weighted by molar-refractivity contribution is 5.93. The maximum atomic E-state index is 11.5. The van der Waals surface area contributed by atoms with Crippen LogP contribution >= 0.6 is 0 Å². The van der Waals surface area contributed by atoms with Crippen molar-refractivity contribution in [1.82, 2.24) is 10.1 Å². The quantitative estimate of drug-likeness (QED) is 0.806. The molecule has 0 radical (unpaired) electrons. The summed E-state index contributed by atoms with van der Waals surface area (Å²) in [5.41, 5.74) is 0. The van der Waals surface area contributed by atoms with Gasteiger partial charge in [0.25, 0.3) is 0 Å². The fraction of sp³-hybridized carbons (Fsp3) is 0.500. The van der Waals surface area contributed by atoms with E-state index < -0.39 is 0 Å². The third kappa shape index (κ3) is 3.72. The first-order valence-corrected chi connectivity index (χ1v) is 5.09. The molecule has 0 spiro atoms. The summed E-state index contributed by atoms with van der Waals surface area (Å²) < 4.78 is 4.57. The molecule has 0 fully saturated rings. The highest BCUT2D eigenvalue weighted by atomic mass is 16.5. The van der Waals surface area contributed by atoms with Crippen molar-refractivity contribution < 1.29 is 14.1 Å². The molecule has 0 aliphatic carbocycles. The summed E-state index contributed by atoms with van der Waals surface area (Å²) in [6.07, 6.45) is 2.18. The van der Waals surface area contributed by atoms with Crippen LogP contribution in [-0.4, -0.2) is 35.0 Å². The van der Waals surface area contributed by atoms with Gasteiger partial charge in [-0.15, -0.1) is 0 Å². The van der Waals surface area contributed by atoms with Crippen LogP contribution in [0.15, 0.2) is 16.9 Å². The number of amides is 2. The Morgan fingerprint density at radius 1 is 1.56 bits per heavy atom. The molecule has 6 heteroatoms. The van der Waals surface area contributed by atoms with Gasteiger partial charge in [0.1, 0.15) is 6.26 Å². The molecular weight excluding hydrogens is 210 g/mol. The Kier molecular flexibility index (Phi) is 4.50. The van der Waals surface area contributed by atoms with Crippen LogP contribution in [0.4, 0.5) is 5.82 Å². The minimum absolute atomic E-state index is 0.0377. The molecular formula is C10H15N3O3. The van der Waals surface area contributed by atoms with Crippen molar-refractivity contribution in [2.75, 3.05) is 18.4 Å². The summed E-state index contributed by atoms with van der Waals surface area (Å²) in [4.78, 5) is 24.2. The van der Waals surface area contributed by atoms with E-state index in [9.17, 15) is 9.59 Å². The molecule has 2 amide bonds. The molecule has 0 aromatic carbocycles. The van der Waals surface area contributed by atoms with Gasteiger partial charge in [0.05, 0.1) is 6.54 Å². The van der Waals surface area contributed by atoms with E-state index in [1.54, 1.807) is 0 Å². The van der Waals surface area contributed by atoms with Crippen LogP contribution in [-0.2, 0) is 9.59 Å². The molecule has 6 nitrogen and oxygen atoms in total. The first-order valence-electron chi connectivity index (χ1n) is 5.09. The van der Waals surface area contributed by atoms with E-state index >= 15 is 0 Å². The van der Waals surface area contributed by atoms with E-state index in [1.807, 2.05) is 6.92 Å². The molecule has 1 aromatic heterocycles.